The molecule has 1 nitrogen and oxygen atoms in total. The van der Waals surface area contributed by atoms with Gasteiger partial charge < -0.3 is 0 Å². The molecule has 2 heteroatoms. The molecular formula is C21H22BN+. The molecule has 0 saturated carbocycles. The quantitative estimate of drug-likeness (QED) is 0.504. The number of nitrogens with zero attached hydrogens (tertiary/aromatic N) is 1. The Labute approximate surface area is 139 Å². The van der Waals surface area contributed by atoms with E-state index in [4.69, 9.17) is 0 Å². The van der Waals surface area contributed by atoms with Crippen molar-refractivity contribution >= 4 is 18.2 Å². The molecule has 2 aromatic carbocycles. The fraction of sp³-hybridized carbons (Fsp3) is 0.190. The number of rotatable bonds is 5. The number of hydrogen-bond acceptors (Lipinski definition) is 0. The summed E-state index contributed by atoms with van der Waals surface area (Å²) in [5.41, 5.74) is 5.17. The van der Waals surface area contributed by atoms with E-state index < -0.39 is 0 Å². The van der Waals surface area contributed by atoms with Crippen molar-refractivity contribution in [3.63, 3.8) is 0 Å². The van der Waals surface area contributed by atoms with Crippen LogP contribution >= 0.6 is 0 Å². The summed E-state index contributed by atoms with van der Waals surface area (Å²) in [4.78, 5) is 0. The maximum Gasteiger partial charge on any atom is 0.191 e. The van der Waals surface area contributed by atoms with Crippen LogP contribution in [0.25, 0.3) is 0 Å². The number of aromatic nitrogens is 1. The lowest BCUT2D eigenvalue weighted by Gasteiger charge is -2.04. The van der Waals surface area contributed by atoms with Gasteiger partial charge in [-0.15, -0.1) is 0 Å². The fourth-order valence-corrected chi connectivity index (χ4v) is 2.63. The van der Waals surface area contributed by atoms with E-state index in [0.29, 0.717) is 5.92 Å². The number of hydrogen-bond donors (Lipinski definition) is 0. The zero-order chi connectivity index (χ0) is 16.1. The van der Waals surface area contributed by atoms with Gasteiger partial charge in [-0.2, -0.15) is 0 Å². The van der Waals surface area contributed by atoms with Gasteiger partial charge in [0.05, 0.1) is 0 Å². The molecule has 23 heavy (non-hydrogen) atoms. The zero-order valence-corrected chi connectivity index (χ0v) is 13.8. The van der Waals surface area contributed by atoms with E-state index in [-0.39, 0.29) is 0 Å². The average molecular weight is 299 g/mol. The Morgan fingerprint density at radius 2 is 1.39 bits per heavy atom. The Bertz CT molecular complexity index is 731. The highest BCUT2D eigenvalue weighted by molar-refractivity contribution is 6.67. The van der Waals surface area contributed by atoms with Gasteiger partial charge in [-0.1, -0.05) is 79.4 Å². The summed E-state index contributed by atoms with van der Waals surface area (Å²) >= 11 is 0. The third-order valence-electron chi connectivity index (χ3n) is 4.06. The Morgan fingerprint density at radius 3 is 2.00 bits per heavy atom. The van der Waals surface area contributed by atoms with Gasteiger partial charge in [-0.05, 0) is 11.5 Å². The summed E-state index contributed by atoms with van der Waals surface area (Å²) in [6.45, 7) is 5.35. The van der Waals surface area contributed by atoms with Crippen molar-refractivity contribution in [1.82, 2.24) is 0 Å². The van der Waals surface area contributed by atoms with Gasteiger partial charge in [0.25, 0.3) is 0 Å². The monoisotopic (exact) mass is 299 g/mol. The van der Waals surface area contributed by atoms with E-state index in [1.807, 2.05) is 6.07 Å². The van der Waals surface area contributed by atoms with Gasteiger partial charge in [0.2, 0.25) is 0 Å². The van der Waals surface area contributed by atoms with E-state index in [1.165, 1.54) is 22.1 Å². The van der Waals surface area contributed by atoms with Gasteiger partial charge >= 0.3 is 0 Å². The first kappa shape index (κ1) is 15.5. The molecule has 0 atom stereocenters. The molecule has 0 aliphatic rings. The lowest BCUT2D eigenvalue weighted by molar-refractivity contribution is -0.688. The third-order valence-corrected chi connectivity index (χ3v) is 4.06. The predicted molar refractivity (Wildman–Crippen MR) is 97.7 cm³/mol. The van der Waals surface area contributed by atoms with Crippen LogP contribution in [0.3, 0.4) is 0 Å². The van der Waals surface area contributed by atoms with Crippen molar-refractivity contribution in [2.45, 2.75) is 26.3 Å². The number of benzene rings is 2. The minimum Gasteiger partial charge on any atom is -0.201 e. The Kier molecular flexibility index (Phi) is 4.92. The van der Waals surface area contributed by atoms with E-state index in [0.717, 1.165) is 6.54 Å². The van der Waals surface area contributed by atoms with Crippen LogP contribution in [0.4, 0.5) is 0 Å². The maximum absolute atomic E-state index is 2.22. The highest BCUT2D eigenvalue weighted by Crippen LogP contribution is 2.11. The van der Waals surface area contributed by atoms with Crippen LogP contribution < -0.4 is 15.5 Å². The standard InChI is InChI=1S/C21H22BN/c1-17(2)19-12-14-23(15-13-19)16-18-8-10-21(11-9-18)22-20-6-4-3-5-7-20/h3-15,17H,16H2,1-2H3/q+1. The minimum atomic E-state index is 0.581. The molecule has 0 aliphatic heterocycles. The van der Waals surface area contributed by atoms with Crippen molar-refractivity contribution in [1.29, 1.82) is 0 Å². The first-order chi connectivity index (χ1) is 11.2. The summed E-state index contributed by atoms with van der Waals surface area (Å²) in [6.07, 6.45) is 4.33. The minimum absolute atomic E-state index is 0.581. The normalized spacial score (nSPS) is 10.7. The fourth-order valence-electron chi connectivity index (χ4n) is 2.63. The summed E-state index contributed by atoms with van der Waals surface area (Å²) in [6, 6.07) is 23.6. The molecule has 0 fully saturated rings. The van der Waals surface area contributed by atoms with Crippen molar-refractivity contribution < 1.29 is 4.57 Å². The van der Waals surface area contributed by atoms with Gasteiger partial charge in [-0.25, -0.2) is 4.57 Å². The van der Waals surface area contributed by atoms with Crippen LogP contribution in [0.1, 0.15) is 30.9 Å². The topological polar surface area (TPSA) is 3.88 Å². The smallest absolute Gasteiger partial charge is 0.191 e. The van der Waals surface area contributed by atoms with Crippen LogP contribution in [0.15, 0.2) is 79.1 Å². The molecule has 0 bridgehead atoms. The van der Waals surface area contributed by atoms with Crippen molar-refractivity contribution in [3.05, 3.63) is 90.3 Å². The number of pyridine rings is 1. The summed E-state index contributed by atoms with van der Waals surface area (Å²) in [7, 11) is 2.20. The van der Waals surface area contributed by atoms with Gasteiger partial charge in [0.15, 0.2) is 26.2 Å². The van der Waals surface area contributed by atoms with E-state index in [9.17, 15) is 0 Å². The molecule has 113 valence electrons. The first-order valence-corrected chi connectivity index (χ1v) is 8.18. The molecule has 1 radical (unpaired) electrons. The SMILES string of the molecule is CC(C)c1cc[n+](Cc2ccc([B]c3ccccc3)cc2)cc1. The second kappa shape index (κ2) is 7.28. The highest BCUT2D eigenvalue weighted by atomic mass is 14.9. The van der Waals surface area contributed by atoms with Crippen LogP contribution in [0.2, 0.25) is 0 Å². The zero-order valence-electron chi connectivity index (χ0n) is 13.8. The molecule has 0 aliphatic carbocycles. The Hall–Kier alpha value is -2.35. The molecule has 0 N–H and O–H groups in total. The van der Waals surface area contributed by atoms with Crippen LogP contribution in [0.5, 0.6) is 0 Å². The van der Waals surface area contributed by atoms with Crippen molar-refractivity contribution in [3.8, 4) is 0 Å². The largest absolute Gasteiger partial charge is 0.201 e. The summed E-state index contributed by atoms with van der Waals surface area (Å²) in [5.74, 6) is 0.581. The summed E-state index contributed by atoms with van der Waals surface area (Å²) < 4.78 is 2.22. The van der Waals surface area contributed by atoms with E-state index in [2.05, 4.69) is 98.8 Å². The summed E-state index contributed by atoms with van der Waals surface area (Å²) in [5, 5.41) is 0. The molecule has 1 aromatic heterocycles. The molecule has 1 heterocycles. The van der Waals surface area contributed by atoms with Crippen molar-refractivity contribution in [2.24, 2.45) is 0 Å². The van der Waals surface area contributed by atoms with Gasteiger partial charge in [0.1, 0.15) is 0 Å². The molecule has 0 amide bonds. The third kappa shape index (κ3) is 4.32. The highest BCUT2D eigenvalue weighted by Gasteiger charge is 2.05. The molecule has 3 rings (SSSR count). The van der Waals surface area contributed by atoms with Crippen molar-refractivity contribution in [2.75, 3.05) is 0 Å². The Morgan fingerprint density at radius 1 is 0.783 bits per heavy atom. The maximum atomic E-state index is 2.22. The molecule has 0 spiro atoms. The lowest BCUT2D eigenvalue weighted by Crippen LogP contribution is -2.33. The first-order valence-electron chi connectivity index (χ1n) is 8.18. The average Bonchev–Trinajstić information content (AvgIpc) is 2.58. The molecule has 3 aromatic rings. The molecular weight excluding hydrogens is 277 g/mol. The van der Waals surface area contributed by atoms with Crippen LogP contribution in [0, 0.1) is 0 Å². The molecule has 0 unspecified atom stereocenters. The van der Waals surface area contributed by atoms with Crippen LogP contribution in [-0.4, -0.2) is 7.28 Å². The van der Waals surface area contributed by atoms with E-state index >= 15 is 0 Å². The van der Waals surface area contributed by atoms with Gasteiger partial charge in [-0.3, -0.25) is 0 Å². The van der Waals surface area contributed by atoms with E-state index in [1.54, 1.807) is 0 Å². The van der Waals surface area contributed by atoms with Gasteiger partial charge in [0, 0.05) is 17.7 Å². The van der Waals surface area contributed by atoms with Crippen LogP contribution in [-0.2, 0) is 6.54 Å². The predicted octanol–water partition coefficient (Wildman–Crippen LogP) is 2.80. The Balaban J connectivity index is 1.65. The second-order valence-corrected chi connectivity index (χ2v) is 6.26. The second-order valence-electron chi connectivity index (χ2n) is 6.26. The lowest BCUT2D eigenvalue weighted by atomic mass is 9.64. The molecule has 0 saturated heterocycles.